The standard InChI is InChI=1S/C43H46FN5O2Si/c1-52(2,3)28-27-51-42(50)48-25-23-38(24-26-48)45-31-34-29-32(19-21-39(34)44)33-20-22-41-40(30-33)46-47-49(41)43(35-13-7-4-8-14-35,36-15-9-5-10-16-36)37-17-11-6-12-18-37/h4-22,29-30,38,45H,23-28,31H2,1-3H3. The molecule has 1 aromatic heterocycles. The molecule has 0 spiro atoms. The summed E-state index contributed by atoms with van der Waals surface area (Å²) in [6.45, 7) is 8.98. The van der Waals surface area contributed by atoms with E-state index in [4.69, 9.17) is 15.0 Å². The van der Waals surface area contributed by atoms with Crippen LogP contribution in [0.5, 0.6) is 0 Å². The molecular weight excluding hydrogens is 666 g/mol. The Morgan fingerprint density at radius 1 is 0.808 bits per heavy atom. The number of carbonyl (C=O) groups excluding carboxylic acids is 1. The lowest BCUT2D eigenvalue weighted by molar-refractivity contribution is 0.0947. The van der Waals surface area contributed by atoms with Crippen molar-refractivity contribution in [1.29, 1.82) is 0 Å². The fraction of sp³-hybridized carbons (Fsp3) is 0.279. The number of hydrogen-bond donors (Lipinski definition) is 1. The van der Waals surface area contributed by atoms with E-state index in [0.29, 0.717) is 31.8 Å². The number of halogens is 1. The smallest absolute Gasteiger partial charge is 0.409 e. The maximum absolute atomic E-state index is 15.1. The molecule has 0 saturated carbocycles. The van der Waals surface area contributed by atoms with Crippen LogP contribution in [-0.4, -0.2) is 59.8 Å². The Labute approximate surface area is 306 Å². The van der Waals surface area contributed by atoms with Crippen LogP contribution >= 0.6 is 0 Å². The number of carbonyl (C=O) groups is 1. The molecule has 0 radical (unpaired) electrons. The SMILES string of the molecule is C[Si](C)(C)CCOC(=O)N1CCC(NCc2cc(-c3ccc4c(c3)nnn4C(c3ccccc3)(c3ccccc3)c3ccccc3)ccc2F)CC1. The van der Waals surface area contributed by atoms with Crippen LogP contribution in [0.15, 0.2) is 127 Å². The topological polar surface area (TPSA) is 72.3 Å². The number of fused-ring (bicyclic) bond motifs is 1. The molecule has 9 heteroatoms. The summed E-state index contributed by atoms with van der Waals surface area (Å²) in [5.41, 5.74) is 6.52. The zero-order valence-corrected chi connectivity index (χ0v) is 31.1. The minimum atomic E-state index is -1.26. The largest absolute Gasteiger partial charge is 0.450 e. The van der Waals surface area contributed by atoms with Crippen LogP contribution < -0.4 is 5.32 Å². The molecule has 1 aliphatic rings. The second kappa shape index (κ2) is 15.2. The van der Waals surface area contributed by atoms with Crippen molar-refractivity contribution in [3.8, 4) is 11.1 Å². The minimum absolute atomic E-state index is 0.194. The zero-order chi connectivity index (χ0) is 36.1. The molecule has 2 heterocycles. The van der Waals surface area contributed by atoms with Crippen molar-refractivity contribution in [1.82, 2.24) is 25.2 Å². The van der Waals surface area contributed by atoms with Crippen LogP contribution in [0.3, 0.4) is 0 Å². The lowest BCUT2D eigenvalue weighted by Crippen LogP contribution is -2.45. The van der Waals surface area contributed by atoms with E-state index in [9.17, 15) is 4.79 Å². The third-order valence-electron chi connectivity index (χ3n) is 10.1. The van der Waals surface area contributed by atoms with Gasteiger partial charge in [0.05, 0.1) is 12.1 Å². The first kappa shape index (κ1) is 35.3. The predicted octanol–water partition coefficient (Wildman–Crippen LogP) is 9.11. The molecular formula is C43H46FN5O2Si. The Bertz CT molecular complexity index is 2010. The number of piperidine rings is 1. The van der Waals surface area contributed by atoms with Crippen molar-refractivity contribution in [2.24, 2.45) is 0 Å². The normalized spacial score (nSPS) is 14.1. The molecule has 1 fully saturated rings. The number of ether oxygens (including phenoxy) is 1. The quantitative estimate of drug-likeness (QED) is 0.107. The fourth-order valence-corrected chi connectivity index (χ4v) is 7.92. The third kappa shape index (κ3) is 7.42. The van der Waals surface area contributed by atoms with E-state index in [1.54, 1.807) is 4.90 Å². The van der Waals surface area contributed by atoms with E-state index in [1.165, 1.54) is 6.07 Å². The Morgan fingerprint density at radius 3 is 1.94 bits per heavy atom. The number of amides is 1. The second-order valence-electron chi connectivity index (χ2n) is 14.9. The van der Waals surface area contributed by atoms with E-state index in [1.807, 2.05) is 41.1 Å². The van der Waals surface area contributed by atoms with Crippen molar-refractivity contribution in [2.75, 3.05) is 19.7 Å². The van der Waals surface area contributed by atoms with E-state index in [-0.39, 0.29) is 18.0 Å². The van der Waals surface area contributed by atoms with Crippen LogP contribution in [0.1, 0.15) is 35.1 Å². The van der Waals surface area contributed by atoms with Crippen LogP contribution in [0, 0.1) is 5.82 Å². The highest BCUT2D eigenvalue weighted by Gasteiger charge is 2.40. The Balaban J connectivity index is 1.12. The second-order valence-corrected chi connectivity index (χ2v) is 20.5. The molecule has 1 N–H and O–H groups in total. The molecule has 0 bridgehead atoms. The van der Waals surface area contributed by atoms with Gasteiger partial charge in [0.2, 0.25) is 0 Å². The van der Waals surface area contributed by atoms with E-state index >= 15 is 4.39 Å². The van der Waals surface area contributed by atoms with Crippen LogP contribution in [0.2, 0.25) is 25.7 Å². The van der Waals surface area contributed by atoms with Gasteiger partial charge in [-0.3, -0.25) is 0 Å². The van der Waals surface area contributed by atoms with Crippen molar-refractivity contribution >= 4 is 25.2 Å². The molecule has 1 amide bonds. The van der Waals surface area contributed by atoms with Crippen molar-refractivity contribution in [3.63, 3.8) is 0 Å². The van der Waals surface area contributed by atoms with Crippen molar-refractivity contribution in [2.45, 2.75) is 56.7 Å². The van der Waals surface area contributed by atoms with Gasteiger partial charge in [-0.1, -0.05) is 128 Å². The first-order valence-electron chi connectivity index (χ1n) is 18.2. The summed E-state index contributed by atoms with van der Waals surface area (Å²) < 4.78 is 22.7. The predicted molar refractivity (Wildman–Crippen MR) is 208 cm³/mol. The summed E-state index contributed by atoms with van der Waals surface area (Å²) in [6.07, 6.45) is 1.37. The Kier molecular flexibility index (Phi) is 10.3. The number of hydrogen-bond acceptors (Lipinski definition) is 5. The first-order chi connectivity index (χ1) is 25.2. The molecule has 0 atom stereocenters. The molecule has 6 aromatic rings. The fourth-order valence-electron chi connectivity index (χ4n) is 7.20. The maximum Gasteiger partial charge on any atom is 0.409 e. The maximum atomic E-state index is 15.1. The van der Waals surface area contributed by atoms with Gasteiger partial charge in [-0.2, -0.15) is 0 Å². The molecule has 7 nitrogen and oxygen atoms in total. The van der Waals surface area contributed by atoms with E-state index in [0.717, 1.165) is 57.7 Å². The first-order valence-corrected chi connectivity index (χ1v) is 21.9. The van der Waals surface area contributed by atoms with E-state index in [2.05, 4.69) is 110 Å². The monoisotopic (exact) mass is 711 g/mol. The summed E-state index contributed by atoms with van der Waals surface area (Å²) in [5, 5.41) is 13.1. The average molecular weight is 712 g/mol. The Hall–Kier alpha value is -5.12. The van der Waals surface area contributed by atoms with Gasteiger partial charge in [-0.15, -0.1) is 5.10 Å². The minimum Gasteiger partial charge on any atom is -0.450 e. The highest BCUT2D eigenvalue weighted by molar-refractivity contribution is 6.76. The number of likely N-dealkylation sites (tertiary alicyclic amines) is 1. The summed E-state index contributed by atoms with van der Waals surface area (Å²) in [5.74, 6) is -0.245. The van der Waals surface area contributed by atoms with E-state index < -0.39 is 13.6 Å². The molecule has 1 aliphatic heterocycles. The van der Waals surface area contributed by atoms with Crippen LogP contribution in [0.4, 0.5) is 9.18 Å². The van der Waals surface area contributed by atoms with Gasteiger partial charge >= 0.3 is 6.09 Å². The van der Waals surface area contributed by atoms with Gasteiger partial charge in [0.1, 0.15) is 16.9 Å². The highest BCUT2D eigenvalue weighted by atomic mass is 28.3. The molecule has 5 aromatic carbocycles. The van der Waals surface area contributed by atoms with Gasteiger partial charge < -0.3 is 15.0 Å². The molecule has 266 valence electrons. The highest BCUT2D eigenvalue weighted by Crippen LogP contribution is 2.42. The van der Waals surface area contributed by atoms with Crippen LogP contribution in [-0.2, 0) is 16.8 Å². The number of rotatable bonds is 11. The summed E-state index contributed by atoms with van der Waals surface area (Å²) in [4.78, 5) is 14.3. The molecule has 7 rings (SSSR count). The van der Waals surface area contributed by atoms with Crippen LogP contribution in [0.25, 0.3) is 22.2 Å². The molecule has 0 aliphatic carbocycles. The summed E-state index contributed by atoms with van der Waals surface area (Å²) >= 11 is 0. The zero-order valence-electron chi connectivity index (χ0n) is 30.1. The van der Waals surface area contributed by atoms with Gasteiger partial charge in [0.15, 0.2) is 0 Å². The number of benzene rings is 5. The number of nitrogens with one attached hydrogen (secondary N) is 1. The molecule has 1 saturated heterocycles. The van der Waals surface area contributed by atoms with Gasteiger partial charge in [0.25, 0.3) is 0 Å². The molecule has 52 heavy (non-hydrogen) atoms. The Morgan fingerprint density at radius 2 is 1.37 bits per heavy atom. The van der Waals surface area contributed by atoms with Gasteiger partial charge in [0, 0.05) is 39.3 Å². The van der Waals surface area contributed by atoms with Crippen molar-refractivity contribution < 1.29 is 13.9 Å². The van der Waals surface area contributed by atoms with Gasteiger partial charge in [-0.05, 0) is 71.0 Å². The van der Waals surface area contributed by atoms with Gasteiger partial charge in [-0.25, -0.2) is 13.9 Å². The summed E-state index contributed by atoms with van der Waals surface area (Å²) in [6, 6.07) is 43.9. The lowest BCUT2D eigenvalue weighted by atomic mass is 9.77. The lowest BCUT2D eigenvalue weighted by Gasteiger charge is -2.36. The third-order valence-corrected chi connectivity index (χ3v) is 11.8. The average Bonchev–Trinajstić information content (AvgIpc) is 3.59. The molecule has 0 unspecified atom stereocenters. The van der Waals surface area contributed by atoms with Crippen molar-refractivity contribution in [3.05, 3.63) is 155 Å². The number of aromatic nitrogens is 3. The number of nitrogens with zero attached hydrogens (tertiary/aromatic N) is 4. The summed E-state index contributed by atoms with van der Waals surface area (Å²) in [7, 11) is -1.26.